The van der Waals surface area contributed by atoms with Gasteiger partial charge in [-0.25, -0.2) is 0 Å². The average Bonchev–Trinajstić information content (AvgIpc) is 2.14. The molecular weight excluding hydrogens is 206 g/mol. The van der Waals surface area contributed by atoms with E-state index in [1.165, 1.54) is 32.2 Å². The van der Waals surface area contributed by atoms with E-state index in [0.29, 0.717) is 11.5 Å². The van der Waals surface area contributed by atoms with Crippen molar-refractivity contribution in [3.8, 4) is 0 Å². The average molecular weight is 234 g/mol. The molecule has 1 atom stereocenters. The summed E-state index contributed by atoms with van der Waals surface area (Å²) < 4.78 is 0. The van der Waals surface area contributed by atoms with Gasteiger partial charge in [-0.1, -0.05) is 33.6 Å². The lowest BCUT2D eigenvalue weighted by Crippen LogP contribution is -2.39. The van der Waals surface area contributed by atoms with Crippen LogP contribution in [-0.4, -0.2) is 30.4 Å². The molecule has 0 radical (unpaired) electrons. The maximum atomic E-state index is 5.64. The molecule has 0 fully saturated rings. The molecule has 92 valence electrons. The summed E-state index contributed by atoms with van der Waals surface area (Å²) in [5.74, 6) is 0.814. The fraction of sp³-hybridized carbons (Fsp3) is 1.00. The van der Waals surface area contributed by atoms with E-state index in [-0.39, 0.29) is 0 Å². The van der Waals surface area contributed by atoms with E-state index in [9.17, 15) is 0 Å². The van der Waals surface area contributed by atoms with Crippen LogP contribution in [0.15, 0.2) is 0 Å². The summed E-state index contributed by atoms with van der Waals surface area (Å²) in [6.07, 6.45) is 5.06. The molecule has 0 aliphatic carbocycles. The third-order valence-electron chi connectivity index (χ3n) is 3.31. The Morgan fingerprint density at radius 2 is 1.60 bits per heavy atom. The molecule has 0 spiro atoms. The Morgan fingerprint density at radius 3 is 2.07 bits per heavy atom. The highest BCUT2D eigenvalue weighted by Gasteiger charge is 2.23. The minimum Gasteiger partial charge on any atom is -0.303 e. The molecule has 0 aromatic carbocycles. The number of unbranched alkanes of at least 4 members (excludes halogenated alkanes) is 3. The predicted molar refractivity (Wildman–Crippen MR) is 70.7 cm³/mol. The summed E-state index contributed by atoms with van der Waals surface area (Å²) in [5, 5.41) is 0. The van der Waals surface area contributed by atoms with Crippen LogP contribution >= 0.6 is 11.6 Å². The van der Waals surface area contributed by atoms with Gasteiger partial charge in [0.1, 0.15) is 0 Å². The van der Waals surface area contributed by atoms with Gasteiger partial charge in [-0.3, -0.25) is 0 Å². The molecule has 0 heterocycles. The van der Waals surface area contributed by atoms with Crippen molar-refractivity contribution in [2.75, 3.05) is 19.5 Å². The maximum Gasteiger partial charge on any atom is 0.0223 e. The van der Waals surface area contributed by atoms with Crippen molar-refractivity contribution in [3.05, 3.63) is 0 Å². The number of hydrogen-bond donors (Lipinski definition) is 0. The minimum atomic E-state index is 0.380. The van der Waals surface area contributed by atoms with E-state index in [0.717, 1.165) is 5.88 Å². The molecule has 1 nitrogen and oxygen atoms in total. The molecule has 0 saturated carbocycles. The molecule has 15 heavy (non-hydrogen) atoms. The highest BCUT2D eigenvalue weighted by atomic mass is 35.5. The van der Waals surface area contributed by atoms with Crippen LogP contribution in [0.2, 0.25) is 0 Å². The van der Waals surface area contributed by atoms with Gasteiger partial charge >= 0.3 is 0 Å². The van der Waals surface area contributed by atoms with Crippen molar-refractivity contribution in [3.63, 3.8) is 0 Å². The molecule has 0 amide bonds. The van der Waals surface area contributed by atoms with Crippen molar-refractivity contribution in [2.45, 2.75) is 59.4 Å². The fourth-order valence-corrected chi connectivity index (χ4v) is 1.85. The van der Waals surface area contributed by atoms with Crippen molar-refractivity contribution in [1.29, 1.82) is 0 Å². The Balaban J connectivity index is 3.60. The normalized spacial score (nSPS) is 14.6. The fourth-order valence-electron chi connectivity index (χ4n) is 1.66. The van der Waals surface area contributed by atoms with Crippen molar-refractivity contribution >= 4 is 11.6 Å². The third kappa shape index (κ3) is 7.19. The van der Waals surface area contributed by atoms with E-state index in [1.807, 2.05) is 0 Å². The third-order valence-corrected chi connectivity index (χ3v) is 3.58. The summed E-state index contributed by atoms with van der Waals surface area (Å²) >= 11 is 5.64. The molecular formula is C13H28ClN. The van der Waals surface area contributed by atoms with Gasteiger partial charge in [-0.2, -0.15) is 0 Å². The Labute approximate surface area is 101 Å². The first-order valence-electron chi connectivity index (χ1n) is 6.15. The quantitative estimate of drug-likeness (QED) is 0.472. The van der Waals surface area contributed by atoms with Gasteiger partial charge in [0.05, 0.1) is 0 Å². The zero-order valence-corrected chi connectivity index (χ0v) is 11.9. The van der Waals surface area contributed by atoms with Crippen LogP contribution in [0.4, 0.5) is 0 Å². The molecule has 1 unspecified atom stereocenters. The molecule has 0 bridgehead atoms. The van der Waals surface area contributed by atoms with Crippen LogP contribution in [0.3, 0.4) is 0 Å². The number of rotatable bonds is 7. The molecule has 0 N–H and O–H groups in total. The smallest absolute Gasteiger partial charge is 0.0223 e. The summed E-state index contributed by atoms with van der Waals surface area (Å²) in [4.78, 5) is 2.47. The van der Waals surface area contributed by atoms with E-state index >= 15 is 0 Å². The maximum absolute atomic E-state index is 5.64. The highest BCUT2D eigenvalue weighted by Crippen LogP contribution is 2.23. The Morgan fingerprint density at radius 1 is 1.07 bits per heavy atom. The number of hydrogen-bond acceptors (Lipinski definition) is 1. The lowest BCUT2D eigenvalue weighted by atomic mass is 9.87. The lowest BCUT2D eigenvalue weighted by molar-refractivity contribution is 0.139. The van der Waals surface area contributed by atoms with Gasteiger partial charge in [0.2, 0.25) is 0 Å². The van der Waals surface area contributed by atoms with Crippen LogP contribution in [-0.2, 0) is 0 Å². The summed E-state index contributed by atoms with van der Waals surface area (Å²) in [6.45, 7) is 10.4. The molecule has 0 aliphatic rings. The first kappa shape index (κ1) is 15.2. The van der Waals surface area contributed by atoms with Crippen molar-refractivity contribution < 1.29 is 0 Å². The van der Waals surface area contributed by atoms with Crippen molar-refractivity contribution in [1.82, 2.24) is 4.90 Å². The highest BCUT2D eigenvalue weighted by molar-refractivity contribution is 6.17. The second-order valence-corrected chi connectivity index (χ2v) is 6.00. The van der Waals surface area contributed by atoms with E-state index in [4.69, 9.17) is 11.6 Å². The van der Waals surface area contributed by atoms with Crippen LogP contribution in [0.5, 0.6) is 0 Å². The predicted octanol–water partition coefficient (Wildman–Crippen LogP) is 4.15. The molecule has 0 aliphatic heterocycles. The molecule has 0 aromatic heterocycles. The van der Waals surface area contributed by atoms with Gasteiger partial charge in [-0.15, -0.1) is 11.6 Å². The van der Waals surface area contributed by atoms with Crippen LogP contribution in [0.1, 0.15) is 53.4 Å². The molecule has 0 rings (SSSR count). The summed E-state index contributed by atoms with van der Waals surface area (Å²) in [5.41, 5.74) is 0.380. The minimum absolute atomic E-state index is 0.380. The van der Waals surface area contributed by atoms with Gasteiger partial charge in [0.15, 0.2) is 0 Å². The monoisotopic (exact) mass is 233 g/mol. The first-order valence-corrected chi connectivity index (χ1v) is 6.69. The van der Waals surface area contributed by atoms with Gasteiger partial charge in [-0.05, 0) is 38.8 Å². The Bertz CT molecular complexity index is 151. The number of nitrogens with zero attached hydrogens (tertiary/aromatic N) is 1. The first-order chi connectivity index (χ1) is 6.89. The van der Waals surface area contributed by atoms with E-state index in [2.05, 4.69) is 39.6 Å². The summed E-state index contributed by atoms with van der Waals surface area (Å²) in [6, 6.07) is 0.644. The zero-order chi connectivity index (χ0) is 11.9. The van der Waals surface area contributed by atoms with Gasteiger partial charge in [0, 0.05) is 11.9 Å². The Hall–Kier alpha value is 0.250. The molecule has 0 aromatic rings. The largest absolute Gasteiger partial charge is 0.303 e. The SMILES string of the molecule is CC(N(C)CCCCCCCl)C(C)(C)C. The van der Waals surface area contributed by atoms with Crippen molar-refractivity contribution in [2.24, 2.45) is 5.41 Å². The standard InChI is InChI=1S/C13H28ClN/c1-12(13(2,3)4)15(5)11-9-7-6-8-10-14/h12H,6-11H2,1-5H3. The van der Waals surface area contributed by atoms with E-state index in [1.54, 1.807) is 0 Å². The van der Waals surface area contributed by atoms with Gasteiger partial charge < -0.3 is 4.90 Å². The topological polar surface area (TPSA) is 3.24 Å². The number of halogens is 1. The van der Waals surface area contributed by atoms with Crippen LogP contribution in [0.25, 0.3) is 0 Å². The zero-order valence-electron chi connectivity index (χ0n) is 11.1. The van der Waals surface area contributed by atoms with E-state index < -0.39 is 0 Å². The summed E-state index contributed by atoms with van der Waals surface area (Å²) in [7, 11) is 2.23. The lowest BCUT2D eigenvalue weighted by Gasteiger charge is -2.35. The van der Waals surface area contributed by atoms with Crippen LogP contribution in [0, 0.1) is 5.41 Å². The second-order valence-electron chi connectivity index (χ2n) is 5.63. The van der Waals surface area contributed by atoms with Crippen LogP contribution < -0.4 is 0 Å². The van der Waals surface area contributed by atoms with Gasteiger partial charge in [0.25, 0.3) is 0 Å². The second kappa shape index (κ2) is 7.51. The molecule has 0 saturated heterocycles. The Kier molecular flexibility index (Phi) is 7.64. The number of alkyl halides is 1. The molecule has 2 heteroatoms.